The van der Waals surface area contributed by atoms with Crippen LogP contribution in [-0.2, 0) is 4.57 Å². The lowest BCUT2D eigenvalue weighted by Crippen LogP contribution is -2.21. The second-order valence-corrected chi connectivity index (χ2v) is 11.9. The molecule has 0 radical (unpaired) electrons. The van der Waals surface area contributed by atoms with Crippen LogP contribution in [-0.4, -0.2) is 0 Å². The highest BCUT2D eigenvalue weighted by molar-refractivity contribution is 7.69. The van der Waals surface area contributed by atoms with Gasteiger partial charge in [0, 0.05) is 0 Å². The summed E-state index contributed by atoms with van der Waals surface area (Å²) in [6, 6.07) is 52.8. The second-order valence-electron chi connectivity index (χ2n) is 9.81. The van der Waals surface area contributed by atoms with Gasteiger partial charge in [-0.15, -0.1) is 0 Å². The largest absolute Gasteiger partial charge is 0.423 e. The average molecular weight is 536 g/mol. The maximum absolute atomic E-state index is 15.3. The van der Waals surface area contributed by atoms with Crippen molar-refractivity contribution in [3.05, 3.63) is 158 Å². The molecule has 0 spiro atoms. The van der Waals surface area contributed by atoms with E-state index >= 15 is 4.57 Å². The number of nitrogens with zero attached hydrogens (tertiary/aromatic N) is 1. The van der Waals surface area contributed by atoms with Crippen LogP contribution in [0, 0.1) is 0 Å². The van der Waals surface area contributed by atoms with Crippen molar-refractivity contribution in [3.8, 4) is 39.1 Å². The van der Waals surface area contributed by atoms with Gasteiger partial charge in [-0.25, -0.2) is 4.57 Å². The van der Waals surface area contributed by atoms with Crippen molar-refractivity contribution in [3.63, 3.8) is 0 Å². The van der Waals surface area contributed by atoms with Gasteiger partial charge in [0.25, 0.3) is 0 Å². The molecule has 3 nitrogen and oxygen atoms in total. The molecule has 4 heteroatoms. The molecule has 0 saturated heterocycles. The molecule has 0 N–H and O–H groups in total. The molecule has 0 saturated carbocycles. The first kappa shape index (κ1) is 24.2. The number of anilines is 2. The highest BCUT2D eigenvalue weighted by Gasteiger charge is 2.45. The van der Waals surface area contributed by atoms with Crippen molar-refractivity contribution >= 4 is 24.2 Å². The Hall–Kier alpha value is -4.85. The van der Waals surface area contributed by atoms with Crippen LogP contribution in [0.3, 0.4) is 0 Å². The van der Waals surface area contributed by atoms with Crippen LogP contribution in [0.5, 0.6) is 5.75 Å². The van der Waals surface area contributed by atoms with Crippen LogP contribution in [0.2, 0.25) is 0 Å². The quantitative estimate of drug-likeness (QED) is 0.206. The van der Waals surface area contributed by atoms with Crippen LogP contribution in [0.25, 0.3) is 33.4 Å². The van der Waals surface area contributed by atoms with Gasteiger partial charge in [0.2, 0.25) is 0 Å². The number of para-hydroxylation sites is 2. The van der Waals surface area contributed by atoms with Gasteiger partial charge >= 0.3 is 7.52 Å². The van der Waals surface area contributed by atoms with Crippen LogP contribution in [0.4, 0.5) is 11.4 Å². The van der Waals surface area contributed by atoms with Gasteiger partial charge in [0.15, 0.2) is 5.75 Å². The summed E-state index contributed by atoms with van der Waals surface area (Å²) in [5.41, 5.74) is 7.87. The summed E-state index contributed by atoms with van der Waals surface area (Å²) in [5, 5.41) is 0.647. The Morgan fingerprint density at radius 2 is 0.950 bits per heavy atom. The third kappa shape index (κ3) is 4.31. The number of hydrogen-bond acceptors (Lipinski definition) is 2. The number of fused-ring (bicyclic) bond motifs is 1. The summed E-state index contributed by atoms with van der Waals surface area (Å²) in [6.07, 6.45) is 0. The zero-order valence-corrected chi connectivity index (χ0v) is 22.6. The van der Waals surface area contributed by atoms with E-state index in [9.17, 15) is 0 Å². The molecule has 0 aliphatic carbocycles. The molecule has 40 heavy (non-hydrogen) atoms. The van der Waals surface area contributed by atoms with E-state index in [-0.39, 0.29) is 0 Å². The fraction of sp³-hybridized carbons (Fsp3) is 0. The number of benzene rings is 6. The van der Waals surface area contributed by atoms with Crippen LogP contribution in [0.1, 0.15) is 0 Å². The smallest absolute Gasteiger partial charge is 0.378 e. The predicted octanol–water partition coefficient (Wildman–Crippen LogP) is 9.74. The molecule has 7 rings (SSSR count). The predicted molar refractivity (Wildman–Crippen MR) is 166 cm³/mol. The molecular formula is C36H26NO2P. The number of hydrogen-bond donors (Lipinski definition) is 0. The van der Waals surface area contributed by atoms with Gasteiger partial charge in [0.05, 0.1) is 16.7 Å². The van der Waals surface area contributed by atoms with E-state index in [1.165, 1.54) is 0 Å². The van der Waals surface area contributed by atoms with E-state index in [2.05, 4.69) is 54.6 Å². The molecule has 6 aromatic carbocycles. The summed E-state index contributed by atoms with van der Waals surface area (Å²) in [4.78, 5) is 0. The molecule has 1 heterocycles. The average Bonchev–Trinajstić information content (AvgIpc) is 3.35. The Morgan fingerprint density at radius 1 is 0.450 bits per heavy atom. The SMILES string of the molecule is O=P1(c2cc(-c3ccccc3)cc(-c3ccccc3)c2)Oc2ccccc2N1c1cccc(-c2ccccc2)c1. The maximum atomic E-state index is 15.3. The monoisotopic (exact) mass is 535 g/mol. The normalized spacial score (nSPS) is 15.8. The summed E-state index contributed by atoms with van der Waals surface area (Å²) in [7, 11) is -3.61. The van der Waals surface area contributed by atoms with Gasteiger partial charge < -0.3 is 4.52 Å². The molecular weight excluding hydrogens is 509 g/mol. The van der Waals surface area contributed by atoms with E-state index in [4.69, 9.17) is 4.52 Å². The highest BCUT2D eigenvalue weighted by atomic mass is 31.2. The Morgan fingerprint density at radius 3 is 1.55 bits per heavy atom. The fourth-order valence-corrected chi connectivity index (χ4v) is 7.62. The van der Waals surface area contributed by atoms with E-state index < -0.39 is 7.52 Å². The third-order valence-corrected chi connectivity index (χ3v) is 9.56. The van der Waals surface area contributed by atoms with Crippen molar-refractivity contribution in [2.75, 3.05) is 4.67 Å². The van der Waals surface area contributed by atoms with Crippen molar-refractivity contribution in [1.82, 2.24) is 0 Å². The van der Waals surface area contributed by atoms with Crippen molar-refractivity contribution in [1.29, 1.82) is 0 Å². The second kappa shape index (κ2) is 10.0. The Labute approximate surface area is 234 Å². The van der Waals surface area contributed by atoms with Gasteiger partial charge in [0.1, 0.15) is 0 Å². The molecule has 1 atom stereocenters. The standard InChI is InChI=1S/C36H26NO2P/c38-40(34-25-31(28-15-6-2-7-16-28)23-32(26-34)29-17-8-3-9-18-29)37(35-21-10-11-22-36(35)39-40)33-20-12-19-30(24-33)27-13-4-1-5-14-27/h1-26H. The zero-order valence-electron chi connectivity index (χ0n) is 21.7. The summed E-state index contributed by atoms with van der Waals surface area (Å²) in [6.45, 7) is 0. The fourth-order valence-electron chi connectivity index (χ4n) is 5.30. The zero-order chi connectivity index (χ0) is 26.9. The molecule has 0 aromatic heterocycles. The number of rotatable bonds is 5. The minimum absolute atomic E-state index is 0.613. The van der Waals surface area contributed by atoms with Crippen LogP contribution >= 0.6 is 7.52 Å². The summed E-state index contributed by atoms with van der Waals surface area (Å²) in [5.74, 6) is 0.613. The minimum Gasteiger partial charge on any atom is -0.423 e. The summed E-state index contributed by atoms with van der Waals surface area (Å²) >= 11 is 0. The van der Waals surface area contributed by atoms with Gasteiger partial charge in [-0.2, -0.15) is 0 Å². The molecule has 0 bridgehead atoms. The highest BCUT2D eigenvalue weighted by Crippen LogP contribution is 2.64. The summed E-state index contributed by atoms with van der Waals surface area (Å²) < 4.78 is 23.7. The topological polar surface area (TPSA) is 29.5 Å². The van der Waals surface area contributed by atoms with Crippen molar-refractivity contribution in [2.45, 2.75) is 0 Å². The molecule has 192 valence electrons. The van der Waals surface area contributed by atoms with Crippen LogP contribution < -0.4 is 14.5 Å². The Bertz CT molecular complexity index is 1800. The van der Waals surface area contributed by atoms with E-state index in [1.807, 2.05) is 108 Å². The lowest BCUT2D eigenvalue weighted by atomic mass is 9.99. The van der Waals surface area contributed by atoms with Crippen molar-refractivity contribution in [2.24, 2.45) is 0 Å². The molecule has 1 unspecified atom stereocenters. The first-order valence-electron chi connectivity index (χ1n) is 13.3. The first-order valence-corrected chi connectivity index (χ1v) is 14.9. The first-order chi connectivity index (χ1) is 19.7. The lowest BCUT2D eigenvalue weighted by Gasteiger charge is -2.26. The van der Waals surface area contributed by atoms with Crippen LogP contribution in [0.15, 0.2) is 158 Å². The van der Waals surface area contributed by atoms with E-state index in [1.54, 1.807) is 0 Å². The molecule has 1 aliphatic rings. The van der Waals surface area contributed by atoms with Crippen molar-refractivity contribution < 1.29 is 9.09 Å². The molecule has 0 fully saturated rings. The Kier molecular flexibility index (Phi) is 6.07. The minimum atomic E-state index is -3.61. The maximum Gasteiger partial charge on any atom is 0.378 e. The molecule has 6 aromatic rings. The lowest BCUT2D eigenvalue weighted by molar-refractivity contribution is 0.505. The molecule has 0 amide bonds. The van der Waals surface area contributed by atoms with E-state index in [0.717, 1.165) is 44.8 Å². The van der Waals surface area contributed by atoms with Gasteiger partial charge in [-0.3, -0.25) is 4.67 Å². The van der Waals surface area contributed by atoms with Gasteiger partial charge in [-0.1, -0.05) is 115 Å². The molecule has 1 aliphatic heterocycles. The third-order valence-electron chi connectivity index (χ3n) is 7.23. The van der Waals surface area contributed by atoms with Gasteiger partial charge in [-0.05, 0) is 75.8 Å². The Balaban J connectivity index is 1.44. The van der Waals surface area contributed by atoms with E-state index in [0.29, 0.717) is 11.1 Å².